The van der Waals surface area contributed by atoms with Crippen molar-refractivity contribution in [1.82, 2.24) is 0 Å². The number of aliphatic hydroxyl groups is 1. The first-order valence-corrected chi connectivity index (χ1v) is 4.02. The molecule has 0 atom stereocenters. The van der Waals surface area contributed by atoms with Crippen LogP contribution in [0.4, 0.5) is 0 Å². The van der Waals surface area contributed by atoms with Crippen molar-refractivity contribution >= 4 is 16.9 Å². The number of rotatable bonds is 3. The van der Waals surface area contributed by atoms with Crippen LogP contribution in [0.5, 0.6) is 0 Å². The van der Waals surface area contributed by atoms with E-state index in [4.69, 9.17) is 5.11 Å². The predicted octanol–water partition coefficient (Wildman–Crippen LogP) is 1.82. The topological polar surface area (TPSA) is 66.7 Å². The molecule has 1 N–H and O–H groups in total. The molecule has 0 rings (SSSR count). The molecular weight excluding hydrogens is 166 g/mol. The molecular formula is C6H9NO3S. The second kappa shape index (κ2) is 4.90. The number of nitroso groups, excluding NO2 is 1. The number of allylic oxidation sites excluding steroid dienone is 1. The molecule has 0 aromatic rings. The molecule has 0 aliphatic rings. The Bertz CT molecular complexity index is 196. The number of hydrogen-bond acceptors (Lipinski definition) is 5. The van der Waals surface area contributed by atoms with E-state index in [0.717, 1.165) is 11.8 Å². The Hall–Kier alpha value is -0.840. The van der Waals surface area contributed by atoms with Crippen LogP contribution in [0.3, 0.4) is 0 Å². The molecule has 4 nitrogen and oxygen atoms in total. The summed E-state index contributed by atoms with van der Waals surface area (Å²) < 4.78 is 0. The first-order valence-electron chi connectivity index (χ1n) is 3.03. The van der Waals surface area contributed by atoms with Gasteiger partial charge in [-0.1, -0.05) is 18.7 Å². The van der Waals surface area contributed by atoms with Crippen LogP contribution >= 0.6 is 11.8 Å². The van der Waals surface area contributed by atoms with Crippen LogP contribution in [0.15, 0.2) is 16.6 Å². The molecule has 0 unspecified atom stereocenters. The summed E-state index contributed by atoms with van der Waals surface area (Å²) in [5.74, 6) is 0.233. The summed E-state index contributed by atoms with van der Waals surface area (Å²) in [4.78, 5) is 20.8. The fourth-order valence-corrected chi connectivity index (χ4v) is 1.03. The van der Waals surface area contributed by atoms with Gasteiger partial charge in [0.2, 0.25) is 5.12 Å². The highest BCUT2D eigenvalue weighted by molar-refractivity contribution is 8.14. The molecule has 0 radical (unpaired) electrons. The van der Waals surface area contributed by atoms with Gasteiger partial charge in [0.1, 0.15) is 5.76 Å². The average molecular weight is 175 g/mol. The molecule has 0 saturated heterocycles. The van der Waals surface area contributed by atoms with Crippen molar-refractivity contribution in [1.29, 1.82) is 0 Å². The molecule has 11 heavy (non-hydrogen) atoms. The fraction of sp³-hybridized carbons (Fsp3) is 0.500. The van der Waals surface area contributed by atoms with E-state index in [0.29, 0.717) is 5.75 Å². The Morgan fingerprint density at radius 3 is 2.45 bits per heavy atom. The van der Waals surface area contributed by atoms with E-state index in [1.807, 2.05) is 0 Å². The molecule has 62 valence electrons. The average Bonchev–Trinajstić information content (AvgIpc) is 1.88. The number of carbonyl (C=O) groups excluding carboxylic acids is 1. The van der Waals surface area contributed by atoms with Crippen molar-refractivity contribution in [3.63, 3.8) is 0 Å². The van der Waals surface area contributed by atoms with E-state index in [2.05, 4.69) is 5.18 Å². The molecule has 0 heterocycles. The van der Waals surface area contributed by atoms with Gasteiger partial charge in [-0.25, -0.2) is 0 Å². The standard InChI is InChI=1S/C6H9NO3S/c1-3-11-6(9)5(7-10)4(2)8/h8H,3H2,1-2H3. The van der Waals surface area contributed by atoms with Crippen LogP contribution in [0.25, 0.3) is 0 Å². The highest BCUT2D eigenvalue weighted by Gasteiger charge is 2.12. The van der Waals surface area contributed by atoms with Crippen molar-refractivity contribution in [2.24, 2.45) is 5.18 Å². The van der Waals surface area contributed by atoms with Crippen molar-refractivity contribution in [2.45, 2.75) is 13.8 Å². The van der Waals surface area contributed by atoms with Crippen molar-refractivity contribution in [3.05, 3.63) is 16.4 Å². The number of carbonyl (C=O) groups is 1. The molecule has 0 saturated carbocycles. The van der Waals surface area contributed by atoms with Gasteiger partial charge in [-0.3, -0.25) is 4.79 Å². The molecule has 0 aromatic heterocycles. The monoisotopic (exact) mass is 175 g/mol. The molecule has 0 aliphatic heterocycles. The van der Waals surface area contributed by atoms with Gasteiger partial charge in [0, 0.05) is 0 Å². The van der Waals surface area contributed by atoms with E-state index in [1.165, 1.54) is 6.92 Å². The van der Waals surface area contributed by atoms with E-state index in [1.54, 1.807) is 6.92 Å². The minimum atomic E-state index is -0.484. The van der Waals surface area contributed by atoms with Gasteiger partial charge in [0.15, 0.2) is 5.70 Å². The van der Waals surface area contributed by atoms with Crippen LogP contribution in [0.2, 0.25) is 0 Å². The molecule has 0 spiro atoms. The van der Waals surface area contributed by atoms with Crippen molar-refractivity contribution < 1.29 is 9.90 Å². The lowest BCUT2D eigenvalue weighted by Gasteiger charge is -1.95. The summed E-state index contributed by atoms with van der Waals surface area (Å²) in [6.45, 7) is 3.03. The summed E-state index contributed by atoms with van der Waals surface area (Å²) in [6, 6.07) is 0. The zero-order chi connectivity index (χ0) is 8.85. The van der Waals surface area contributed by atoms with E-state index in [-0.39, 0.29) is 5.76 Å². The maximum atomic E-state index is 10.9. The van der Waals surface area contributed by atoms with E-state index >= 15 is 0 Å². The Balaban J connectivity index is 4.40. The fourth-order valence-electron chi connectivity index (χ4n) is 0.450. The number of thioether (sulfide) groups is 1. The summed E-state index contributed by atoms with van der Waals surface area (Å²) in [6.07, 6.45) is 0. The third-order valence-electron chi connectivity index (χ3n) is 0.903. The Kier molecular flexibility index (Phi) is 4.52. The quantitative estimate of drug-likeness (QED) is 0.403. The third-order valence-corrected chi connectivity index (χ3v) is 1.65. The number of hydrogen-bond donors (Lipinski definition) is 1. The van der Waals surface area contributed by atoms with Gasteiger partial charge in [-0.2, -0.15) is 0 Å². The summed E-state index contributed by atoms with van der Waals surface area (Å²) in [5, 5.41) is 10.7. The predicted molar refractivity (Wildman–Crippen MR) is 44.3 cm³/mol. The van der Waals surface area contributed by atoms with Crippen LogP contribution in [0, 0.1) is 4.91 Å². The summed E-state index contributed by atoms with van der Waals surface area (Å²) in [5.41, 5.74) is -0.392. The molecule has 0 aromatic carbocycles. The Labute approximate surface area is 68.6 Å². The van der Waals surface area contributed by atoms with E-state index < -0.39 is 10.8 Å². The molecule has 5 heteroatoms. The molecule has 0 amide bonds. The highest BCUT2D eigenvalue weighted by Crippen LogP contribution is 2.13. The number of nitrogens with zero attached hydrogens (tertiary/aromatic N) is 1. The van der Waals surface area contributed by atoms with Gasteiger partial charge in [0.05, 0.1) is 0 Å². The largest absolute Gasteiger partial charge is 0.510 e. The van der Waals surface area contributed by atoms with Gasteiger partial charge in [-0.15, -0.1) is 4.91 Å². The highest BCUT2D eigenvalue weighted by atomic mass is 32.2. The zero-order valence-corrected chi connectivity index (χ0v) is 7.14. The van der Waals surface area contributed by atoms with E-state index in [9.17, 15) is 9.70 Å². The van der Waals surface area contributed by atoms with Gasteiger partial charge in [-0.05, 0) is 17.9 Å². The van der Waals surface area contributed by atoms with Crippen LogP contribution in [0.1, 0.15) is 13.8 Å². The van der Waals surface area contributed by atoms with Crippen LogP contribution < -0.4 is 0 Å². The third kappa shape index (κ3) is 3.18. The van der Waals surface area contributed by atoms with Crippen molar-refractivity contribution in [3.8, 4) is 0 Å². The van der Waals surface area contributed by atoms with Crippen LogP contribution in [-0.2, 0) is 4.79 Å². The van der Waals surface area contributed by atoms with Gasteiger partial charge in [0.25, 0.3) is 0 Å². The van der Waals surface area contributed by atoms with Crippen molar-refractivity contribution in [2.75, 3.05) is 5.75 Å². The lowest BCUT2D eigenvalue weighted by atomic mass is 10.4. The second-order valence-corrected chi connectivity index (χ2v) is 2.98. The molecule has 0 bridgehead atoms. The normalized spacial score (nSPS) is 12.2. The SMILES string of the molecule is CCSC(=O)C(N=O)=C(C)O. The van der Waals surface area contributed by atoms with Gasteiger partial charge >= 0.3 is 0 Å². The molecule has 0 fully saturated rings. The van der Waals surface area contributed by atoms with Gasteiger partial charge < -0.3 is 5.11 Å². The minimum absolute atomic E-state index is 0.328. The Morgan fingerprint density at radius 1 is 1.64 bits per heavy atom. The smallest absolute Gasteiger partial charge is 0.244 e. The molecule has 0 aliphatic carbocycles. The lowest BCUT2D eigenvalue weighted by Crippen LogP contribution is -1.97. The summed E-state index contributed by atoms with van der Waals surface area (Å²) in [7, 11) is 0. The first kappa shape index (κ1) is 10.2. The lowest BCUT2D eigenvalue weighted by molar-refractivity contribution is -0.108. The first-order chi connectivity index (χ1) is 5.13. The second-order valence-electron chi connectivity index (χ2n) is 1.75. The van der Waals surface area contributed by atoms with Crippen LogP contribution in [-0.4, -0.2) is 16.0 Å². The summed E-state index contributed by atoms with van der Waals surface area (Å²) >= 11 is 0.942. The number of aliphatic hydroxyl groups excluding tert-OH is 1. The zero-order valence-electron chi connectivity index (χ0n) is 6.33. The maximum Gasteiger partial charge on any atom is 0.244 e. The minimum Gasteiger partial charge on any atom is -0.510 e. The maximum absolute atomic E-state index is 10.9. The Morgan fingerprint density at radius 2 is 2.18 bits per heavy atom.